The first kappa shape index (κ1) is 12.6. The van der Waals surface area contributed by atoms with Gasteiger partial charge in [0, 0.05) is 12.7 Å². The molecule has 2 heterocycles. The third kappa shape index (κ3) is 3.85. The lowest BCUT2D eigenvalue weighted by Crippen LogP contribution is -2.28. The van der Waals surface area contributed by atoms with Crippen LogP contribution in [-0.4, -0.2) is 35.4 Å². The minimum atomic E-state index is -0.989. The molecule has 1 unspecified atom stereocenters. The summed E-state index contributed by atoms with van der Waals surface area (Å²) in [5.41, 5.74) is 0.588. The highest BCUT2D eigenvalue weighted by Gasteiger charge is 2.15. The lowest BCUT2D eigenvalue weighted by molar-refractivity contribution is -0.131. The van der Waals surface area contributed by atoms with Crippen LogP contribution in [-0.2, 0) is 9.53 Å². The van der Waals surface area contributed by atoms with Gasteiger partial charge in [-0.3, -0.25) is 4.98 Å². The third-order valence-corrected chi connectivity index (χ3v) is 2.58. The van der Waals surface area contributed by atoms with Crippen LogP contribution in [0, 0.1) is 0 Å². The van der Waals surface area contributed by atoms with E-state index < -0.39 is 5.97 Å². The van der Waals surface area contributed by atoms with Gasteiger partial charge in [-0.1, -0.05) is 0 Å². The molecule has 5 nitrogen and oxygen atoms in total. The maximum absolute atomic E-state index is 10.3. The molecule has 1 aliphatic heterocycles. The zero-order valence-electron chi connectivity index (χ0n) is 9.91. The average Bonchev–Trinajstić information content (AvgIpc) is 2.39. The summed E-state index contributed by atoms with van der Waals surface area (Å²) in [6.45, 7) is 1.41. The van der Waals surface area contributed by atoms with E-state index in [1.54, 1.807) is 18.3 Å². The zero-order valence-corrected chi connectivity index (χ0v) is 9.91. The molecule has 0 saturated carbocycles. The van der Waals surface area contributed by atoms with Crippen molar-refractivity contribution in [3.05, 3.63) is 30.1 Å². The number of hydrogen-bond donors (Lipinski definition) is 1. The van der Waals surface area contributed by atoms with Crippen molar-refractivity contribution in [1.82, 2.24) is 4.98 Å². The zero-order chi connectivity index (χ0) is 12.8. The molecule has 1 N–H and O–H groups in total. The van der Waals surface area contributed by atoms with Crippen LogP contribution in [0.15, 0.2) is 24.4 Å². The Morgan fingerprint density at radius 2 is 2.44 bits per heavy atom. The molecule has 1 atom stereocenters. The van der Waals surface area contributed by atoms with E-state index in [9.17, 15) is 4.79 Å². The van der Waals surface area contributed by atoms with Gasteiger partial charge < -0.3 is 14.6 Å². The van der Waals surface area contributed by atoms with Crippen LogP contribution in [0.1, 0.15) is 18.5 Å². The monoisotopic (exact) mass is 249 g/mol. The number of aliphatic carboxylic acids is 1. The van der Waals surface area contributed by atoms with Crippen molar-refractivity contribution in [2.45, 2.75) is 18.9 Å². The highest BCUT2D eigenvalue weighted by molar-refractivity contribution is 5.84. The Bertz CT molecular complexity index is 421. The molecular weight excluding hydrogens is 234 g/mol. The van der Waals surface area contributed by atoms with Crippen LogP contribution in [0.5, 0.6) is 5.75 Å². The molecule has 18 heavy (non-hydrogen) atoms. The Morgan fingerprint density at radius 1 is 1.56 bits per heavy atom. The van der Waals surface area contributed by atoms with Crippen molar-refractivity contribution in [3.8, 4) is 5.75 Å². The quantitative estimate of drug-likeness (QED) is 0.823. The highest BCUT2D eigenvalue weighted by Crippen LogP contribution is 2.16. The van der Waals surface area contributed by atoms with Gasteiger partial charge in [-0.25, -0.2) is 4.79 Å². The summed E-state index contributed by atoms with van der Waals surface area (Å²) in [5, 5.41) is 8.49. The minimum Gasteiger partial charge on any atom is -0.486 e. The molecule has 0 bridgehead atoms. The van der Waals surface area contributed by atoms with E-state index in [1.807, 2.05) is 0 Å². The molecular formula is C13H15NO4. The van der Waals surface area contributed by atoms with E-state index in [4.69, 9.17) is 14.6 Å². The molecule has 1 aromatic rings. The first-order chi connectivity index (χ1) is 8.74. The Morgan fingerprint density at radius 3 is 3.06 bits per heavy atom. The highest BCUT2D eigenvalue weighted by atomic mass is 16.5. The molecule has 0 aromatic carbocycles. The molecule has 1 fully saturated rings. The van der Waals surface area contributed by atoms with Gasteiger partial charge in [-0.2, -0.15) is 0 Å². The Labute approximate surface area is 105 Å². The number of carboxylic acids is 1. The number of nitrogens with zero attached hydrogens (tertiary/aromatic N) is 1. The minimum absolute atomic E-state index is 0.0842. The summed E-state index contributed by atoms with van der Waals surface area (Å²) in [6.07, 6.45) is 6.17. The summed E-state index contributed by atoms with van der Waals surface area (Å²) in [5.74, 6) is -0.311. The van der Waals surface area contributed by atoms with E-state index >= 15 is 0 Å². The largest absolute Gasteiger partial charge is 0.486 e. The van der Waals surface area contributed by atoms with Crippen molar-refractivity contribution >= 4 is 12.0 Å². The Balaban J connectivity index is 1.92. The van der Waals surface area contributed by atoms with Gasteiger partial charge in [0.2, 0.25) is 0 Å². The van der Waals surface area contributed by atoms with E-state index in [2.05, 4.69) is 4.98 Å². The summed E-state index contributed by atoms with van der Waals surface area (Å²) in [6, 6.07) is 3.50. The molecule has 1 aliphatic rings. The van der Waals surface area contributed by atoms with Crippen LogP contribution in [0.4, 0.5) is 0 Å². The molecule has 2 rings (SSSR count). The predicted octanol–water partition coefficient (Wildman–Crippen LogP) is 1.74. The van der Waals surface area contributed by atoms with Gasteiger partial charge in [0.1, 0.15) is 11.9 Å². The molecule has 5 heteroatoms. The summed E-state index contributed by atoms with van der Waals surface area (Å²) >= 11 is 0. The first-order valence-corrected chi connectivity index (χ1v) is 5.85. The number of pyridine rings is 1. The number of ether oxygens (including phenoxy) is 2. The lowest BCUT2D eigenvalue weighted by Gasteiger charge is -2.23. The van der Waals surface area contributed by atoms with Crippen LogP contribution in [0.25, 0.3) is 6.08 Å². The van der Waals surface area contributed by atoms with Crippen molar-refractivity contribution in [1.29, 1.82) is 0 Å². The molecule has 96 valence electrons. The second-order valence-corrected chi connectivity index (χ2v) is 4.05. The lowest BCUT2D eigenvalue weighted by atomic mass is 10.2. The summed E-state index contributed by atoms with van der Waals surface area (Å²) in [4.78, 5) is 14.4. The fourth-order valence-electron chi connectivity index (χ4n) is 1.71. The van der Waals surface area contributed by atoms with Crippen molar-refractivity contribution < 1.29 is 19.4 Å². The van der Waals surface area contributed by atoms with Gasteiger partial charge >= 0.3 is 5.97 Å². The number of carboxylic acid groups (broad SMARTS) is 1. The summed E-state index contributed by atoms with van der Waals surface area (Å²) < 4.78 is 11.0. The summed E-state index contributed by atoms with van der Waals surface area (Å²) in [7, 11) is 0. The molecule has 0 radical (unpaired) electrons. The van der Waals surface area contributed by atoms with E-state index in [0.29, 0.717) is 18.1 Å². The maximum atomic E-state index is 10.3. The van der Waals surface area contributed by atoms with Gasteiger partial charge in [0.05, 0.1) is 18.5 Å². The number of carbonyl (C=O) groups is 1. The third-order valence-electron chi connectivity index (χ3n) is 2.58. The fourth-order valence-corrected chi connectivity index (χ4v) is 1.71. The molecule has 0 aliphatic carbocycles. The second kappa shape index (κ2) is 6.16. The number of aromatic nitrogens is 1. The van der Waals surface area contributed by atoms with Gasteiger partial charge in [0.15, 0.2) is 0 Å². The van der Waals surface area contributed by atoms with Gasteiger partial charge in [-0.15, -0.1) is 0 Å². The molecule has 0 amide bonds. The standard InChI is InChI=1S/C13H15NO4/c15-13(16)6-4-10-3-5-11(8-14-10)18-12-2-1-7-17-9-12/h3-6,8,12H,1-2,7,9H2,(H,15,16)/b6-4+. The predicted molar refractivity (Wildman–Crippen MR) is 65.4 cm³/mol. The van der Waals surface area contributed by atoms with Crippen LogP contribution in [0.2, 0.25) is 0 Å². The van der Waals surface area contributed by atoms with Crippen LogP contribution in [0.3, 0.4) is 0 Å². The fraction of sp³-hybridized carbons (Fsp3) is 0.385. The van der Waals surface area contributed by atoms with Crippen LogP contribution < -0.4 is 4.74 Å². The topological polar surface area (TPSA) is 68.7 Å². The van der Waals surface area contributed by atoms with E-state index in [0.717, 1.165) is 25.5 Å². The smallest absolute Gasteiger partial charge is 0.328 e. The molecule has 1 aromatic heterocycles. The normalized spacial score (nSPS) is 19.9. The average molecular weight is 249 g/mol. The van der Waals surface area contributed by atoms with Crippen molar-refractivity contribution in [3.63, 3.8) is 0 Å². The van der Waals surface area contributed by atoms with Gasteiger partial charge in [-0.05, 0) is 31.1 Å². The second-order valence-electron chi connectivity index (χ2n) is 4.05. The SMILES string of the molecule is O=C(O)/C=C/c1ccc(OC2CCCOC2)cn1. The molecule has 1 saturated heterocycles. The Kier molecular flexibility index (Phi) is 4.30. The van der Waals surface area contributed by atoms with Crippen LogP contribution >= 0.6 is 0 Å². The van der Waals surface area contributed by atoms with Crippen molar-refractivity contribution in [2.24, 2.45) is 0 Å². The first-order valence-electron chi connectivity index (χ1n) is 5.85. The van der Waals surface area contributed by atoms with E-state index in [1.165, 1.54) is 6.08 Å². The maximum Gasteiger partial charge on any atom is 0.328 e. The van der Waals surface area contributed by atoms with Gasteiger partial charge in [0.25, 0.3) is 0 Å². The van der Waals surface area contributed by atoms with Crippen molar-refractivity contribution in [2.75, 3.05) is 13.2 Å². The molecule has 0 spiro atoms. The number of hydrogen-bond acceptors (Lipinski definition) is 4. The number of rotatable bonds is 4. The van der Waals surface area contributed by atoms with E-state index in [-0.39, 0.29) is 6.10 Å². The Hall–Kier alpha value is -1.88.